The van der Waals surface area contributed by atoms with E-state index in [1.807, 2.05) is 12.1 Å². The van der Waals surface area contributed by atoms with E-state index in [9.17, 15) is 9.90 Å². The fourth-order valence-electron chi connectivity index (χ4n) is 1.77. The van der Waals surface area contributed by atoms with Crippen molar-refractivity contribution in [2.24, 2.45) is 5.41 Å². The normalized spacial score (nSPS) is 11.6. The molecule has 2 rings (SSSR count). The molecule has 5 nitrogen and oxygen atoms in total. The number of ether oxygens (including phenoxy) is 1. The van der Waals surface area contributed by atoms with Crippen LogP contribution in [-0.4, -0.2) is 27.9 Å². The van der Waals surface area contributed by atoms with Crippen LogP contribution in [0.15, 0.2) is 24.3 Å². The molecule has 1 aromatic carbocycles. The first-order valence-corrected chi connectivity index (χ1v) is 6.50. The van der Waals surface area contributed by atoms with Crippen LogP contribution in [0.4, 0.5) is 0 Å². The minimum Gasteiger partial charge on any atom is -0.490 e. The molecule has 1 N–H and O–H groups in total. The smallest absolute Gasteiger partial charge is 0.360 e. The van der Waals surface area contributed by atoms with Gasteiger partial charge in [-0.2, -0.15) is 0 Å². The highest BCUT2D eigenvalue weighted by atomic mass is 16.5. The van der Waals surface area contributed by atoms with Crippen molar-refractivity contribution in [1.29, 1.82) is 0 Å². The van der Waals surface area contributed by atoms with Crippen molar-refractivity contribution < 1.29 is 14.6 Å². The summed E-state index contributed by atoms with van der Waals surface area (Å²) in [7, 11) is 0. The van der Waals surface area contributed by atoms with E-state index in [1.165, 1.54) is 0 Å². The highest BCUT2D eigenvalue weighted by molar-refractivity contribution is 5.96. The van der Waals surface area contributed by atoms with Crippen LogP contribution in [0.3, 0.4) is 0 Å². The van der Waals surface area contributed by atoms with Gasteiger partial charge < -0.3 is 9.84 Å². The first-order valence-electron chi connectivity index (χ1n) is 6.50. The topological polar surface area (TPSA) is 72.3 Å². The Bertz CT molecular complexity index is 633. The second-order valence-corrected chi connectivity index (χ2v) is 5.86. The number of aromatic carboxylic acids is 1. The molecule has 0 saturated heterocycles. The Morgan fingerprint density at radius 2 is 1.95 bits per heavy atom. The monoisotopic (exact) mass is 274 g/mol. The van der Waals surface area contributed by atoms with Crippen LogP contribution in [0, 0.1) is 5.41 Å². The number of carboxylic acid groups (broad SMARTS) is 1. The van der Waals surface area contributed by atoms with Crippen molar-refractivity contribution in [3.8, 4) is 5.75 Å². The minimum atomic E-state index is -1.13. The maximum absolute atomic E-state index is 11.2. The number of hydrogen-bond donors (Lipinski definition) is 1. The van der Waals surface area contributed by atoms with E-state index in [4.69, 9.17) is 4.74 Å². The largest absolute Gasteiger partial charge is 0.490 e. The van der Waals surface area contributed by atoms with E-state index in [1.54, 1.807) is 12.1 Å². The lowest BCUT2D eigenvalue weighted by Gasteiger charge is -2.18. The number of carbonyl (C=O) groups is 1. The molecular formula is C15H18N2O3. The summed E-state index contributed by atoms with van der Waals surface area (Å²) in [6.45, 7) is 6.77. The zero-order valence-corrected chi connectivity index (χ0v) is 11.9. The number of rotatable bonds is 4. The van der Waals surface area contributed by atoms with Gasteiger partial charge in [-0.15, -0.1) is 10.2 Å². The quantitative estimate of drug-likeness (QED) is 0.927. The van der Waals surface area contributed by atoms with Gasteiger partial charge in [-0.05, 0) is 24.0 Å². The van der Waals surface area contributed by atoms with Gasteiger partial charge in [0.05, 0.1) is 12.1 Å². The second kappa shape index (κ2) is 5.45. The zero-order valence-electron chi connectivity index (χ0n) is 11.9. The molecular weight excluding hydrogens is 256 g/mol. The molecule has 0 bridgehead atoms. The lowest BCUT2D eigenvalue weighted by atomic mass is 9.93. The Kier molecular flexibility index (Phi) is 3.88. The van der Waals surface area contributed by atoms with Gasteiger partial charge >= 0.3 is 5.97 Å². The molecule has 0 spiro atoms. The number of hydrogen-bond acceptors (Lipinski definition) is 4. The summed E-state index contributed by atoms with van der Waals surface area (Å²) >= 11 is 0. The fraction of sp³-hybridized carbons (Fsp3) is 0.400. The standard InChI is InChI=1S/C15H18N2O3/c1-15(2,3)8-9-20-13-10-6-4-5-7-11(10)16-17-12(13)14(18)19/h4-7H,8-9H2,1-3H3,(H,18,19). The summed E-state index contributed by atoms with van der Waals surface area (Å²) in [6, 6.07) is 7.23. The first kappa shape index (κ1) is 14.2. The van der Waals surface area contributed by atoms with Gasteiger partial charge in [0.15, 0.2) is 5.75 Å². The third kappa shape index (κ3) is 3.23. The van der Waals surface area contributed by atoms with Gasteiger partial charge in [-0.25, -0.2) is 4.79 Å². The van der Waals surface area contributed by atoms with Gasteiger partial charge in [-0.3, -0.25) is 0 Å². The lowest BCUT2D eigenvalue weighted by molar-refractivity contribution is 0.0684. The van der Waals surface area contributed by atoms with Crippen LogP contribution in [0.2, 0.25) is 0 Å². The van der Waals surface area contributed by atoms with E-state index >= 15 is 0 Å². The SMILES string of the molecule is CC(C)(C)CCOc1c(C(=O)O)nnc2ccccc12. The molecule has 106 valence electrons. The van der Waals surface area contributed by atoms with E-state index in [-0.39, 0.29) is 11.1 Å². The molecule has 0 unspecified atom stereocenters. The van der Waals surface area contributed by atoms with Gasteiger partial charge in [0.2, 0.25) is 5.69 Å². The van der Waals surface area contributed by atoms with E-state index in [0.29, 0.717) is 23.3 Å². The summed E-state index contributed by atoms with van der Waals surface area (Å²) < 4.78 is 5.70. The lowest BCUT2D eigenvalue weighted by Crippen LogP contribution is -2.14. The molecule has 5 heteroatoms. The molecule has 0 fully saturated rings. The van der Waals surface area contributed by atoms with Crippen LogP contribution in [0.1, 0.15) is 37.7 Å². The predicted molar refractivity (Wildman–Crippen MR) is 76.1 cm³/mol. The summed E-state index contributed by atoms with van der Waals surface area (Å²) in [5.41, 5.74) is 0.612. The first-order chi connectivity index (χ1) is 9.38. The van der Waals surface area contributed by atoms with Crippen LogP contribution >= 0.6 is 0 Å². The van der Waals surface area contributed by atoms with Gasteiger partial charge in [-0.1, -0.05) is 32.9 Å². The highest BCUT2D eigenvalue weighted by Crippen LogP contribution is 2.28. The summed E-state index contributed by atoms with van der Waals surface area (Å²) in [6.07, 6.45) is 0.822. The number of fused-ring (bicyclic) bond motifs is 1. The van der Waals surface area contributed by atoms with Crippen LogP contribution < -0.4 is 4.74 Å². The van der Waals surface area contributed by atoms with Crippen LogP contribution in [0.25, 0.3) is 10.9 Å². The molecule has 1 aromatic heterocycles. The molecule has 0 radical (unpaired) electrons. The molecule has 0 atom stereocenters. The molecule has 0 aliphatic rings. The molecule has 0 aliphatic carbocycles. The second-order valence-electron chi connectivity index (χ2n) is 5.86. The van der Waals surface area contributed by atoms with Crippen molar-refractivity contribution in [3.63, 3.8) is 0 Å². The summed E-state index contributed by atoms with van der Waals surface area (Å²) in [4.78, 5) is 11.2. The molecule has 0 amide bonds. The summed E-state index contributed by atoms with van der Waals surface area (Å²) in [5.74, 6) is -0.832. The fourth-order valence-corrected chi connectivity index (χ4v) is 1.77. The van der Waals surface area contributed by atoms with Gasteiger partial charge in [0.1, 0.15) is 0 Å². The molecule has 0 saturated carbocycles. The van der Waals surface area contributed by atoms with Crippen LogP contribution in [0.5, 0.6) is 5.75 Å². The molecule has 1 heterocycles. The maximum Gasteiger partial charge on any atom is 0.360 e. The average Bonchev–Trinajstić information content (AvgIpc) is 2.37. The predicted octanol–water partition coefficient (Wildman–Crippen LogP) is 3.14. The Morgan fingerprint density at radius 3 is 2.60 bits per heavy atom. The third-order valence-corrected chi connectivity index (χ3v) is 2.92. The number of aromatic nitrogens is 2. The van der Waals surface area contributed by atoms with E-state index in [0.717, 1.165) is 6.42 Å². The molecule has 2 aromatic rings. The molecule has 20 heavy (non-hydrogen) atoms. The Balaban J connectivity index is 2.37. The number of nitrogens with zero attached hydrogens (tertiary/aromatic N) is 2. The van der Waals surface area contributed by atoms with Crippen molar-refractivity contribution in [1.82, 2.24) is 10.2 Å². The Morgan fingerprint density at radius 1 is 1.25 bits per heavy atom. The zero-order chi connectivity index (χ0) is 14.8. The minimum absolute atomic E-state index is 0.125. The average molecular weight is 274 g/mol. The number of benzene rings is 1. The highest BCUT2D eigenvalue weighted by Gasteiger charge is 2.19. The maximum atomic E-state index is 11.2. The summed E-state index contributed by atoms with van der Waals surface area (Å²) in [5, 5.41) is 17.5. The van der Waals surface area contributed by atoms with E-state index < -0.39 is 5.97 Å². The van der Waals surface area contributed by atoms with E-state index in [2.05, 4.69) is 31.0 Å². The van der Waals surface area contributed by atoms with Crippen LogP contribution in [-0.2, 0) is 0 Å². The van der Waals surface area contributed by atoms with Crippen molar-refractivity contribution in [3.05, 3.63) is 30.0 Å². The molecule has 0 aliphatic heterocycles. The van der Waals surface area contributed by atoms with Crippen molar-refractivity contribution in [2.75, 3.05) is 6.61 Å². The van der Waals surface area contributed by atoms with Crippen molar-refractivity contribution in [2.45, 2.75) is 27.2 Å². The van der Waals surface area contributed by atoms with Gasteiger partial charge in [0, 0.05) is 5.39 Å². The van der Waals surface area contributed by atoms with Crippen molar-refractivity contribution >= 4 is 16.9 Å². The van der Waals surface area contributed by atoms with Gasteiger partial charge in [0.25, 0.3) is 0 Å². The Labute approximate surface area is 117 Å². The number of carboxylic acids is 1. The third-order valence-electron chi connectivity index (χ3n) is 2.92. The Hall–Kier alpha value is -2.17.